The van der Waals surface area contributed by atoms with Crippen LogP contribution in [-0.2, 0) is 0 Å². The molecule has 0 aliphatic rings. The van der Waals surface area contributed by atoms with Gasteiger partial charge in [-0.2, -0.15) is 0 Å². The van der Waals surface area contributed by atoms with Crippen LogP contribution in [0.25, 0.3) is 11.0 Å². The predicted molar refractivity (Wildman–Crippen MR) is 73.7 cm³/mol. The third-order valence-electron chi connectivity index (χ3n) is 2.79. The summed E-state index contributed by atoms with van der Waals surface area (Å²) in [7, 11) is 0. The van der Waals surface area contributed by atoms with E-state index in [9.17, 15) is 4.79 Å². The molecule has 1 aromatic carbocycles. The van der Waals surface area contributed by atoms with E-state index in [2.05, 4.69) is 9.97 Å². The van der Waals surface area contributed by atoms with Crippen LogP contribution < -0.4 is 16.1 Å². The molecule has 6 heteroatoms. The van der Waals surface area contributed by atoms with Crippen molar-refractivity contribution in [1.29, 1.82) is 0 Å². The molecule has 0 saturated carbocycles. The highest BCUT2D eigenvalue weighted by molar-refractivity contribution is 5.81. The summed E-state index contributed by atoms with van der Waals surface area (Å²) in [6, 6.07) is 6.69. The fraction of sp³-hybridized carbons (Fsp3) is 0.0714. The van der Waals surface area contributed by atoms with Gasteiger partial charge in [-0.15, -0.1) is 0 Å². The Morgan fingerprint density at radius 1 is 1.20 bits per heavy atom. The lowest BCUT2D eigenvalue weighted by atomic mass is 10.1. The summed E-state index contributed by atoms with van der Waals surface area (Å²) in [5.41, 5.74) is 6.38. The minimum atomic E-state index is -0.389. The van der Waals surface area contributed by atoms with Gasteiger partial charge in [0.2, 0.25) is 5.88 Å². The first-order valence-corrected chi connectivity index (χ1v) is 5.92. The van der Waals surface area contributed by atoms with Gasteiger partial charge >= 0.3 is 5.63 Å². The molecule has 3 aromatic rings. The maximum Gasteiger partial charge on any atom is 0.336 e. The fourth-order valence-corrected chi connectivity index (χ4v) is 1.87. The standard InChI is InChI=1S/C14H11N3O3/c1-8-4-14(18)20-11-5-9(2-3-10(8)11)19-13-7-16-12(15)6-17-13/h2-7H,1H3,(H2,15,16). The molecule has 3 rings (SSSR count). The molecule has 0 atom stereocenters. The van der Waals surface area contributed by atoms with Gasteiger partial charge in [0.15, 0.2) is 0 Å². The Labute approximate surface area is 113 Å². The molecule has 6 nitrogen and oxygen atoms in total. The first-order valence-electron chi connectivity index (χ1n) is 5.92. The van der Waals surface area contributed by atoms with Gasteiger partial charge in [0.1, 0.15) is 17.2 Å². The van der Waals surface area contributed by atoms with Crippen LogP contribution in [0.15, 0.2) is 45.9 Å². The number of anilines is 1. The zero-order chi connectivity index (χ0) is 14.1. The average Bonchev–Trinajstić information content (AvgIpc) is 2.41. The van der Waals surface area contributed by atoms with Crippen molar-refractivity contribution < 1.29 is 9.15 Å². The molecule has 2 N–H and O–H groups in total. The summed E-state index contributed by atoms with van der Waals surface area (Å²) in [5, 5.41) is 0.861. The maximum absolute atomic E-state index is 11.4. The molecule has 0 amide bonds. The summed E-state index contributed by atoms with van der Waals surface area (Å²) in [4.78, 5) is 19.2. The molecule has 0 spiro atoms. The second-order valence-corrected chi connectivity index (χ2v) is 4.29. The van der Waals surface area contributed by atoms with Gasteiger partial charge in [-0.1, -0.05) is 0 Å². The lowest BCUT2D eigenvalue weighted by molar-refractivity contribution is 0.459. The molecule has 0 fully saturated rings. The second-order valence-electron chi connectivity index (χ2n) is 4.29. The van der Waals surface area contributed by atoms with E-state index in [1.54, 1.807) is 12.1 Å². The van der Waals surface area contributed by atoms with Crippen molar-refractivity contribution in [2.24, 2.45) is 0 Å². The highest BCUT2D eigenvalue weighted by atomic mass is 16.5. The van der Waals surface area contributed by atoms with E-state index >= 15 is 0 Å². The number of fused-ring (bicyclic) bond motifs is 1. The highest BCUT2D eigenvalue weighted by Crippen LogP contribution is 2.25. The number of rotatable bonds is 2. The molecular formula is C14H11N3O3. The number of nitrogens with two attached hydrogens (primary N) is 1. The topological polar surface area (TPSA) is 91.2 Å². The zero-order valence-corrected chi connectivity index (χ0v) is 10.7. The number of ether oxygens (including phenoxy) is 1. The smallest absolute Gasteiger partial charge is 0.336 e. The molecule has 0 bridgehead atoms. The first kappa shape index (κ1) is 12.2. The predicted octanol–water partition coefficient (Wildman–Crippen LogP) is 2.27. The quantitative estimate of drug-likeness (QED) is 0.717. The Hall–Kier alpha value is -2.89. The van der Waals surface area contributed by atoms with Gasteiger partial charge in [-0.05, 0) is 24.6 Å². The van der Waals surface area contributed by atoms with Gasteiger partial charge in [-0.3, -0.25) is 0 Å². The van der Waals surface area contributed by atoms with E-state index in [-0.39, 0.29) is 5.63 Å². The second kappa shape index (κ2) is 4.65. The van der Waals surface area contributed by atoms with E-state index in [1.807, 2.05) is 13.0 Å². The van der Waals surface area contributed by atoms with Gasteiger partial charge < -0.3 is 14.9 Å². The zero-order valence-electron chi connectivity index (χ0n) is 10.7. The van der Waals surface area contributed by atoms with Crippen molar-refractivity contribution in [2.75, 3.05) is 5.73 Å². The van der Waals surface area contributed by atoms with Gasteiger partial charge in [0.05, 0.1) is 12.4 Å². The van der Waals surface area contributed by atoms with Crippen LogP contribution in [0.5, 0.6) is 11.6 Å². The maximum atomic E-state index is 11.4. The van der Waals surface area contributed by atoms with Crippen LogP contribution >= 0.6 is 0 Å². The molecule has 0 aliphatic heterocycles. The van der Waals surface area contributed by atoms with E-state index in [1.165, 1.54) is 18.5 Å². The molecule has 2 heterocycles. The molecule has 0 radical (unpaired) electrons. The van der Waals surface area contributed by atoms with Gasteiger partial charge in [-0.25, -0.2) is 14.8 Å². The number of nitrogen functional groups attached to an aromatic ring is 1. The average molecular weight is 269 g/mol. The minimum absolute atomic E-state index is 0.313. The Balaban J connectivity index is 2.00. The third kappa shape index (κ3) is 2.31. The minimum Gasteiger partial charge on any atom is -0.437 e. The lowest BCUT2D eigenvalue weighted by Gasteiger charge is -2.06. The summed E-state index contributed by atoms with van der Waals surface area (Å²) in [6.07, 6.45) is 2.83. The number of aryl methyl sites for hydroxylation is 1. The van der Waals surface area contributed by atoms with Crippen LogP contribution in [0.4, 0.5) is 5.82 Å². The van der Waals surface area contributed by atoms with E-state index in [0.717, 1.165) is 10.9 Å². The highest BCUT2D eigenvalue weighted by Gasteiger charge is 2.05. The van der Waals surface area contributed by atoms with Crippen LogP contribution in [0.3, 0.4) is 0 Å². The van der Waals surface area contributed by atoms with E-state index in [0.29, 0.717) is 23.0 Å². The largest absolute Gasteiger partial charge is 0.437 e. The third-order valence-corrected chi connectivity index (χ3v) is 2.79. The summed E-state index contributed by atoms with van der Waals surface area (Å²) in [6.45, 7) is 1.85. The lowest BCUT2D eigenvalue weighted by Crippen LogP contribution is -1.98. The fourth-order valence-electron chi connectivity index (χ4n) is 1.87. The number of aromatic nitrogens is 2. The van der Waals surface area contributed by atoms with E-state index in [4.69, 9.17) is 14.9 Å². The molecule has 20 heavy (non-hydrogen) atoms. The van der Waals surface area contributed by atoms with Crippen molar-refractivity contribution in [3.63, 3.8) is 0 Å². The number of hydrogen-bond acceptors (Lipinski definition) is 6. The first-order chi connectivity index (χ1) is 9.61. The molecule has 0 saturated heterocycles. The van der Waals surface area contributed by atoms with Crippen LogP contribution in [-0.4, -0.2) is 9.97 Å². The Morgan fingerprint density at radius 2 is 2.05 bits per heavy atom. The summed E-state index contributed by atoms with van der Waals surface area (Å²) < 4.78 is 10.7. The number of nitrogens with zero attached hydrogens (tertiary/aromatic N) is 2. The molecule has 100 valence electrons. The summed E-state index contributed by atoms with van der Waals surface area (Å²) in [5.74, 6) is 1.14. The Morgan fingerprint density at radius 3 is 2.80 bits per heavy atom. The van der Waals surface area contributed by atoms with Crippen LogP contribution in [0, 0.1) is 6.92 Å². The Bertz CT molecular complexity index is 825. The normalized spacial score (nSPS) is 10.7. The van der Waals surface area contributed by atoms with E-state index < -0.39 is 0 Å². The van der Waals surface area contributed by atoms with Gasteiger partial charge in [0.25, 0.3) is 0 Å². The molecular weight excluding hydrogens is 258 g/mol. The van der Waals surface area contributed by atoms with Crippen molar-refractivity contribution >= 4 is 16.8 Å². The summed E-state index contributed by atoms with van der Waals surface area (Å²) >= 11 is 0. The monoisotopic (exact) mass is 269 g/mol. The number of benzene rings is 1. The molecule has 0 unspecified atom stereocenters. The van der Waals surface area contributed by atoms with Crippen molar-refractivity contribution in [2.45, 2.75) is 6.92 Å². The van der Waals surface area contributed by atoms with Crippen LogP contribution in [0.1, 0.15) is 5.56 Å². The SMILES string of the molecule is Cc1cc(=O)oc2cc(Oc3cnc(N)cn3)ccc12. The number of hydrogen-bond donors (Lipinski definition) is 1. The Kier molecular flexibility index (Phi) is 2.83. The van der Waals surface area contributed by atoms with Crippen molar-refractivity contribution in [1.82, 2.24) is 9.97 Å². The van der Waals surface area contributed by atoms with Crippen molar-refractivity contribution in [3.8, 4) is 11.6 Å². The van der Waals surface area contributed by atoms with Crippen molar-refractivity contribution in [3.05, 3.63) is 52.6 Å². The molecule has 0 aliphatic carbocycles. The molecule has 2 aromatic heterocycles. The van der Waals surface area contributed by atoms with Crippen LogP contribution in [0.2, 0.25) is 0 Å². The van der Waals surface area contributed by atoms with Gasteiger partial charge in [0, 0.05) is 17.5 Å².